The van der Waals surface area contributed by atoms with Crippen LogP contribution < -0.4 is 9.88 Å². The lowest BCUT2D eigenvalue weighted by atomic mass is 9.93. The van der Waals surface area contributed by atoms with E-state index in [0.29, 0.717) is 11.3 Å². The maximum atomic E-state index is 12.2. The van der Waals surface area contributed by atoms with Gasteiger partial charge in [0.05, 0.1) is 0 Å². The molecule has 0 spiro atoms. The van der Waals surface area contributed by atoms with Crippen molar-refractivity contribution in [3.8, 4) is 0 Å². The number of aryl methyl sites for hydroxylation is 2. The number of fused-ring (bicyclic) bond motifs is 1. The van der Waals surface area contributed by atoms with Gasteiger partial charge in [-0.3, -0.25) is 9.59 Å². The van der Waals surface area contributed by atoms with Crippen molar-refractivity contribution in [3.63, 3.8) is 0 Å². The Balaban J connectivity index is 1.67. The number of carbonyl (C=O) groups is 2. The molecule has 3 rings (SSSR count). The SMILES string of the molecule is CC(=O)c1cccc(NC(=O)C[n+]2ccc3c(c2)CCCC3)c1. The van der Waals surface area contributed by atoms with Gasteiger partial charge in [-0.25, -0.2) is 0 Å². The molecule has 23 heavy (non-hydrogen) atoms. The number of pyridine rings is 1. The second-order valence-corrected chi connectivity index (χ2v) is 6.06. The van der Waals surface area contributed by atoms with Crippen LogP contribution in [0.25, 0.3) is 0 Å². The van der Waals surface area contributed by atoms with Crippen LogP contribution >= 0.6 is 0 Å². The smallest absolute Gasteiger partial charge is 0.290 e. The Kier molecular flexibility index (Phi) is 4.51. The van der Waals surface area contributed by atoms with Crippen LogP contribution in [-0.2, 0) is 24.2 Å². The van der Waals surface area contributed by atoms with E-state index in [1.165, 1.54) is 30.9 Å². The summed E-state index contributed by atoms with van der Waals surface area (Å²) in [5, 5.41) is 2.85. The zero-order chi connectivity index (χ0) is 16.2. The number of nitrogens with zero attached hydrogens (tertiary/aromatic N) is 1. The van der Waals surface area contributed by atoms with Crippen LogP contribution in [0.2, 0.25) is 0 Å². The molecule has 4 heteroatoms. The second-order valence-electron chi connectivity index (χ2n) is 6.06. The highest BCUT2D eigenvalue weighted by Gasteiger charge is 2.16. The van der Waals surface area contributed by atoms with E-state index in [1.807, 2.05) is 10.8 Å². The molecule has 0 radical (unpaired) electrons. The van der Waals surface area contributed by atoms with Crippen molar-refractivity contribution in [1.82, 2.24) is 0 Å². The summed E-state index contributed by atoms with van der Waals surface area (Å²) in [6.07, 6.45) is 8.76. The van der Waals surface area contributed by atoms with Gasteiger partial charge in [0.25, 0.3) is 5.91 Å². The molecule has 0 saturated carbocycles. The van der Waals surface area contributed by atoms with Gasteiger partial charge >= 0.3 is 0 Å². The molecule has 2 aromatic rings. The van der Waals surface area contributed by atoms with Crippen LogP contribution in [0, 0.1) is 0 Å². The molecule has 0 saturated heterocycles. The molecule has 1 aliphatic rings. The van der Waals surface area contributed by atoms with E-state index >= 15 is 0 Å². The van der Waals surface area contributed by atoms with E-state index in [4.69, 9.17) is 0 Å². The fourth-order valence-electron chi connectivity index (χ4n) is 3.00. The maximum Gasteiger partial charge on any atom is 0.290 e. The fraction of sp³-hybridized carbons (Fsp3) is 0.316. The first-order valence-electron chi connectivity index (χ1n) is 8.03. The van der Waals surface area contributed by atoms with Gasteiger partial charge in [0.2, 0.25) is 6.54 Å². The maximum absolute atomic E-state index is 12.2. The number of hydrogen-bond donors (Lipinski definition) is 1. The Bertz CT molecular complexity index is 753. The minimum Gasteiger partial charge on any atom is -0.321 e. The summed E-state index contributed by atoms with van der Waals surface area (Å²) < 4.78 is 1.92. The topological polar surface area (TPSA) is 50.1 Å². The number of Topliss-reactive ketones (excluding diaryl/α,β-unsaturated/α-hetero) is 1. The predicted octanol–water partition coefficient (Wildman–Crippen LogP) is 2.69. The molecular formula is C19H21N2O2+. The van der Waals surface area contributed by atoms with Crippen molar-refractivity contribution in [1.29, 1.82) is 0 Å². The van der Waals surface area contributed by atoms with E-state index in [2.05, 4.69) is 17.6 Å². The lowest BCUT2D eigenvalue weighted by Crippen LogP contribution is -2.40. The van der Waals surface area contributed by atoms with E-state index in [1.54, 1.807) is 24.3 Å². The van der Waals surface area contributed by atoms with Crippen molar-refractivity contribution < 1.29 is 14.2 Å². The summed E-state index contributed by atoms with van der Waals surface area (Å²) >= 11 is 0. The van der Waals surface area contributed by atoms with E-state index in [-0.39, 0.29) is 18.2 Å². The van der Waals surface area contributed by atoms with Crippen LogP contribution in [0.1, 0.15) is 41.3 Å². The number of anilines is 1. The summed E-state index contributed by atoms with van der Waals surface area (Å²) in [4.78, 5) is 23.6. The van der Waals surface area contributed by atoms with Gasteiger partial charge < -0.3 is 5.32 Å². The van der Waals surface area contributed by atoms with Gasteiger partial charge in [-0.05, 0) is 50.3 Å². The van der Waals surface area contributed by atoms with Gasteiger partial charge in [0.1, 0.15) is 0 Å². The quantitative estimate of drug-likeness (QED) is 0.697. The standard InChI is InChI=1S/C19H20N2O2/c1-14(22)16-7-4-8-18(11-16)20-19(23)13-21-10-9-15-5-2-3-6-17(15)12-21/h4,7-12H,2-3,5-6,13H2,1H3/p+1. The zero-order valence-electron chi connectivity index (χ0n) is 13.3. The zero-order valence-corrected chi connectivity index (χ0v) is 13.3. The van der Waals surface area contributed by atoms with Crippen LogP contribution in [0.4, 0.5) is 5.69 Å². The van der Waals surface area contributed by atoms with E-state index in [0.717, 1.165) is 12.8 Å². The van der Waals surface area contributed by atoms with Crippen LogP contribution in [0.5, 0.6) is 0 Å². The third-order valence-electron chi connectivity index (χ3n) is 4.22. The van der Waals surface area contributed by atoms with Crippen molar-refractivity contribution in [2.45, 2.75) is 39.2 Å². The summed E-state index contributed by atoms with van der Waals surface area (Å²) in [7, 11) is 0. The fourth-order valence-corrected chi connectivity index (χ4v) is 3.00. The molecule has 1 heterocycles. The number of hydrogen-bond acceptors (Lipinski definition) is 2. The molecule has 0 fully saturated rings. The highest BCUT2D eigenvalue weighted by molar-refractivity contribution is 5.96. The summed E-state index contributed by atoms with van der Waals surface area (Å²) in [5.41, 5.74) is 4.01. The molecule has 1 aromatic carbocycles. The lowest BCUT2D eigenvalue weighted by Gasteiger charge is -2.13. The molecule has 4 nitrogen and oxygen atoms in total. The van der Waals surface area contributed by atoms with E-state index < -0.39 is 0 Å². The minimum absolute atomic E-state index is 0.00911. The summed E-state index contributed by atoms with van der Waals surface area (Å²) in [5.74, 6) is -0.100. The van der Waals surface area contributed by atoms with Crippen LogP contribution in [0.15, 0.2) is 42.7 Å². The molecule has 1 aliphatic carbocycles. The third-order valence-corrected chi connectivity index (χ3v) is 4.22. The van der Waals surface area contributed by atoms with Crippen molar-refractivity contribution in [3.05, 3.63) is 59.4 Å². The molecule has 0 bridgehead atoms. The first-order chi connectivity index (χ1) is 11.1. The lowest BCUT2D eigenvalue weighted by molar-refractivity contribution is -0.684. The monoisotopic (exact) mass is 309 g/mol. The Morgan fingerprint density at radius 1 is 1.13 bits per heavy atom. The largest absolute Gasteiger partial charge is 0.321 e. The van der Waals surface area contributed by atoms with Gasteiger partial charge in [-0.1, -0.05) is 12.1 Å². The first-order valence-corrected chi connectivity index (χ1v) is 8.03. The number of benzene rings is 1. The Morgan fingerprint density at radius 3 is 2.70 bits per heavy atom. The second kappa shape index (κ2) is 6.73. The average molecular weight is 309 g/mol. The van der Waals surface area contributed by atoms with Gasteiger partial charge in [-0.2, -0.15) is 4.57 Å². The molecule has 0 atom stereocenters. The Labute approximate surface area is 136 Å². The number of carbonyl (C=O) groups excluding carboxylic acids is 2. The van der Waals surface area contributed by atoms with Gasteiger partial charge in [0, 0.05) is 22.9 Å². The molecule has 0 aliphatic heterocycles. The van der Waals surface area contributed by atoms with Gasteiger partial charge in [0.15, 0.2) is 18.2 Å². The minimum atomic E-state index is -0.0912. The normalized spacial score (nSPS) is 13.3. The third kappa shape index (κ3) is 3.83. The summed E-state index contributed by atoms with van der Waals surface area (Å²) in [6.45, 7) is 1.79. The first kappa shape index (κ1) is 15.4. The number of amides is 1. The highest BCUT2D eigenvalue weighted by Crippen LogP contribution is 2.18. The number of rotatable bonds is 4. The average Bonchev–Trinajstić information content (AvgIpc) is 2.55. The molecule has 118 valence electrons. The van der Waals surface area contributed by atoms with Crippen molar-refractivity contribution in [2.24, 2.45) is 0 Å². The molecule has 1 N–H and O–H groups in total. The van der Waals surface area contributed by atoms with Crippen molar-refractivity contribution >= 4 is 17.4 Å². The number of nitrogens with one attached hydrogen (secondary N) is 1. The van der Waals surface area contributed by atoms with Gasteiger partial charge in [-0.15, -0.1) is 0 Å². The number of ketones is 1. The Morgan fingerprint density at radius 2 is 1.91 bits per heavy atom. The molecule has 0 unspecified atom stereocenters. The summed E-state index contributed by atoms with van der Waals surface area (Å²) in [6, 6.07) is 9.15. The molecular weight excluding hydrogens is 288 g/mol. The predicted molar refractivity (Wildman–Crippen MR) is 88.4 cm³/mol. The molecule has 1 aromatic heterocycles. The molecule has 1 amide bonds. The highest BCUT2D eigenvalue weighted by atomic mass is 16.2. The Hall–Kier alpha value is -2.49. The van der Waals surface area contributed by atoms with Crippen LogP contribution in [-0.4, -0.2) is 11.7 Å². The van der Waals surface area contributed by atoms with E-state index in [9.17, 15) is 9.59 Å². The van der Waals surface area contributed by atoms with Crippen molar-refractivity contribution in [2.75, 3.05) is 5.32 Å². The number of aromatic nitrogens is 1. The van der Waals surface area contributed by atoms with Crippen LogP contribution in [0.3, 0.4) is 0 Å².